The summed E-state index contributed by atoms with van der Waals surface area (Å²) in [5, 5.41) is 0. The number of hydrogen-bond acceptors (Lipinski definition) is 3. The second-order valence-corrected chi connectivity index (χ2v) is 5.56. The van der Waals surface area contributed by atoms with Crippen LogP contribution >= 0.6 is 11.6 Å². The predicted octanol–water partition coefficient (Wildman–Crippen LogP) is 2.49. The molecule has 0 spiro atoms. The van der Waals surface area contributed by atoms with E-state index < -0.39 is 0 Å². The monoisotopic (exact) mass is 281 g/mol. The molecule has 3 nitrogen and oxygen atoms in total. The fourth-order valence-electron chi connectivity index (χ4n) is 2.96. The Morgan fingerprint density at radius 2 is 2.16 bits per heavy atom. The van der Waals surface area contributed by atoms with Crippen molar-refractivity contribution in [3.63, 3.8) is 0 Å². The number of para-hydroxylation sites is 1. The highest BCUT2D eigenvalue weighted by Gasteiger charge is 2.28. The van der Waals surface area contributed by atoms with Gasteiger partial charge in [0.2, 0.25) is 0 Å². The van der Waals surface area contributed by atoms with Crippen LogP contribution in [-0.2, 0) is 4.74 Å². The molecule has 2 aliphatic rings. The van der Waals surface area contributed by atoms with Crippen LogP contribution in [0.1, 0.15) is 17.9 Å². The maximum absolute atomic E-state index is 6.05. The van der Waals surface area contributed by atoms with Crippen molar-refractivity contribution in [1.82, 2.24) is 4.90 Å². The third-order valence-corrected chi connectivity index (χ3v) is 4.42. The van der Waals surface area contributed by atoms with Crippen molar-refractivity contribution in [3.05, 3.63) is 29.8 Å². The largest absolute Gasteiger partial charge is 0.493 e. The second kappa shape index (κ2) is 6.12. The first kappa shape index (κ1) is 13.2. The van der Waals surface area contributed by atoms with E-state index in [0.717, 1.165) is 45.1 Å². The standard InChI is InChI=1S/C15H20ClNO2/c16-9-13-11-18-8-6-17(13)10-12-5-7-19-15-4-2-1-3-14(12)15/h1-4,12-13H,5-11H2. The Labute approximate surface area is 119 Å². The molecular formula is C15H20ClNO2. The van der Waals surface area contributed by atoms with Crippen molar-refractivity contribution in [2.45, 2.75) is 18.4 Å². The molecule has 1 saturated heterocycles. The van der Waals surface area contributed by atoms with E-state index in [4.69, 9.17) is 21.1 Å². The SMILES string of the molecule is ClCC1COCCN1CC1CCOc2ccccc21. The minimum atomic E-state index is 0.352. The van der Waals surface area contributed by atoms with Crippen LogP contribution in [0.4, 0.5) is 0 Å². The molecule has 1 aromatic carbocycles. The van der Waals surface area contributed by atoms with E-state index in [1.807, 2.05) is 6.07 Å². The van der Waals surface area contributed by atoms with E-state index >= 15 is 0 Å². The van der Waals surface area contributed by atoms with Gasteiger partial charge in [0, 0.05) is 30.9 Å². The molecule has 2 unspecified atom stereocenters. The van der Waals surface area contributed by atoms with Crippen LogP contribution in [-0.4, -0.2) is 49.7 Å². The molecule has 0 aromatic heterocycles. The maximum Gasteiger partial charge on any atom is 0.122 e. The van der Waals surface area contributed by atoms with Gasteiger partial charge in [0.15, 0.2) is 0 Å². The number of nitrogens with zero attached hydrogens (tertiary/aromatic N) is 1. The zero-order valence-electron chi connectivity index (χ0n) is 11.1. The summed E-state index contributed by atoms with van der Waals surface area (Å²) in [5.41, 5.74) is 1.34. The van der Waals surface area contributed by atoms with Gasteiger partial charge in [-0.05, 0) is 18.1 Å². The average molecular weight is 282 g/mol. The maximum atomic E-state index is 6.05. The Kier molecular flexibility index (Phi) is 4.26. The van der Waals surface area contributed by atoms with Gasteiger partial charge in [-0.25, -0.2) is 0 Å². The van der Waals surface area contributed by atoms with Gasteiger partial charge in [-0.2, -0.15) is 0 Å². The van der Waals surface area contributed by atoms with Crippen molar-refractivity contribution in [2.75, 3.05) is 38.8 Å². The number of morpholine rings is 1. The molecule has 0 bridgehead atoms. The number of alkyl halides is 1. The number of fused-ring (bicyclic) bond motifs is 1. The van der Waals surface area contributed by atoms with Gasteiger partial charge in [-0.3, -0.25) is 4.90 Å². The van der Waals surface area contributed by atoms with Gasteiger partial charge >= 0.3 is 0 Å². The van der Waals surface area contributed by atoms with Crippen molar-refractivity contribution in [2.24, 2.45) is 0 Å². The summed E-state index contributed by atoms with van der Waals surface area (Å²) in [6, 6.07) is 8.75. The minimum Gasteiger partial charge on any atom is -0.493 e. The lowest BCUT2D eigenvalue weighted by molar-refractivity contribution is -0.00333. The number of benzene rings is 1. The van der Waals surface area contributed by atoms with Crippen molar-refractivity contribution in [1.29, 1.82) is 0 Å². The van der Waals surface area contributed by atoms with Gasteiger partial charge in [0.1, 0.15) is 5.75 Å². The van der Waals surface area contributed by atoms with E-state index in [1.165, 1.54) is 5.56 Å². The molecule has 104 valence electrons. The zero-order chi connectivity index (χ0) is 13.1. The molecule has 19 heavy (non-hydrogen) atoms. The summed E-state index contributed by atoms with van der Waals surface area (Å²) in [4.78, 5) is 2.48. The zero-order valence-corrected chi connectivity index (χ0v) is 11.8. The molecule has 1 fully saturated rings. The second-order valence-electron chi connectivity index (χ2n) is 5.25. The Hall–Kier alpha value is -0.770. The molecule has 0 N–H and O–H groups in total. The number of rotatable bonds is 3. The van der Waals surface area contributed by atoms with Crippen molar-refractivity contribution in [3.8, 4) is 5.75 Å². The van der Waals surface area contributed by atoms with Gasteiger partial charge in [-0.1, -0.05) is 18.2 Å². The summed E-state index contributed by atoms with van der Waals surface area (Å²) >= 11 is 6.05. The van der Waals surface area contributed by atoms with E-state index in [9.17, 15) is 0 Å². The molecule has 0 radical (unpaired) electrons. The van der Waals surface area contributed by atoms with Gasteiger partial charge < -0.3 is 9.47 Å². The highest BCUT2D eigenvalue weighted by Crippen LogP contribution is 2.34. The van der Waals surface area contributed by atoms with Gasteiger partial charge in [0.25, 0.3) is 0 Å². The molecule has 2 atom stereocenters. The summed E-state index contributed by atoms with van der Waals surface area (Å²) in [5.74, 6) is 2.24. The van der Waals surface area contributed by atoms with Crippen molar-refractivity contribution < 1.29 is 9.47 Å². The highest BCUT2D eigenvalue weighted by atomic mass is 35.5. The molecular weight excluding hydrogens is 262 g/mol. The van der Waals surface area contributed by atoms with Crippen LogP contribution in [0.2, 0.25) is 0 Å². The molecule has 0 saturated carbocycles. The summed E-state index contributed by atoms with van der Waals surface area (Å²) in [6.45, 7) is 4.43. The van der Waals surface area contributed by atoms with Crippen LogP contribution in [0.25, 0.3) is 0 Å². The summed E-state index contributed by atoms with van der Waals surface area (Å²) in [6.07, 6.45) is 1.09. The Morgan fingerprint density at radius 1 is 1.26 bits per heavy atom. The lowest BCUT2D eigenvalue weighted by atomic mass is 9.92. The van der Waals surface area contributed by atoms with Crippen LogP contribution in [0, 0.1) is 0 Å². The molecule has 3 rings (SSSR count). The molecule has 2 heterocycles. The third kappa shape index (κ3) is 2.88. The Bertz CT molecular complexity index is 426. The minimum absolute atomic E-state index is 0.352. The smallest absolute Gasteiger partial charge is 0.122 e. The first-order valence-corrected chi connectivity index (χ1v) is 7.51. The van der Waals surface area contributed by atoms with Crippen LogP contribution in [0.3, 0.4) is 0 Å². The van der Waals surface area contributed by atoms with E-state index in [1.54, 1.807) is 0 Å². The van der Waals surface area contributed by atoms with Crippen LogP contribution in [0.5, 0.6) is 5.75 Å². The predicted molar refractivity (Wildman–Crippen MR) is 76.2 cm³/mol. The Balaban J connectivity index is 1.73. The fraction of sp³-hybridized carbons (Fsp3) is 0.600. The van der Waals surface area contributed by atoms with Gasteiger partial charge in [0.05, 0.1) is 19.8 Å². The quantitative estimate of drug-likeness (QED) is 0.795. The molecule has 0 amide bonds. The third-order valence-electron chi connectivity index (χ3n) is 4.07. The first-order valence-electron chi connectivity index (χ1n) is 6.98. The lowest BCUT2D eigenvalue weighted by Crippen LogP contribution is -2.48. The van der Waals surface area contributed by atoms with E-state index in [2.05, 4.69) is 23.1 Å². The highest BCUT2D eigenvalue weighted by molar-refractivity contribution is 6.18. The molecule has 2 aliphatic heterocycles. The molecule has 4 heteroatoms. The number of halogens is 1. The Morgan fingerprint density at radius 3 is 3.05 bits per heavy atom. The summed E-state index contributed by atoms with van der Waals surface area (Å²) < 4.78 is 11.2. The van der Waals surface area contributed by atoms with E-state index in [-0.39, 0.29) is 0 Å². The van der Waals surface area contributed by atoms with Gasteiger partial charge in [-0.15, -0.1) is 11.6 Å². The van der Waals surface area contributed by atoms with E-state index in [0.29, 0.717) is 17.8 Å². The normalized spacial score (nSPS) is 27.6. The lowest BCUT2D eigenvalue weighted by Gasteiger charge is -2.38. The number of hydrogen-bond donors (Lipinski definition) is 0. The fourth-order valence-corrected chi connectivity index (χ4v) is 3.24. The first-order chi connectivity index (χ1) is 9.38. The van der Waals surface area contributed by atoms with Crippen LogP contribution in [0.15, 0.2) is 24.3 Å². The van der Waals surface area contributed by atoms with Crippen LogP contribution < -0.4 is 4.74 Å². The molecule has 0 aliphatic carbocycles. The molecule has 1 aromatic rings. The topological polar surface area (TPSA) is 21.7 Å². The average Bonchev–Trinajstić information content (AvgIpc) is 2.48. The summed E-state index contributed by atoms with van der Waals surface area (Å²) in [7, 11) is 0. The van der Waals surface area contributed by atoms with Crippen molar-refractivity contribution >= 4 is 11.6 Å². The number of ether oxygens (including phenoxy) is 2.